The molecule has 1 unspecified atom stereocenters. The lowest BCUT2D eigenvalue weighted by Gasteiger charge is -2.32. The van der Waals surface area contributed by atoms with E-state index in [0.717, 1.165) is 0 Å². The lowest BCUT2D eigenvalue weighted by molar-refractivity contribution is 0.0461. The number of nitrogens with two attached hydrogens (primary N) is 1. The molecule has 106 valence electrons. The van der Waals surface area contributed by atoms with Crippen molar-refractivity contribution in [3.05, 3.63) is 22.7 Å². The van der Waals surface area contributed by atoms with Crippen molar-refractivity contribution in [2.75, 3.05) is 31.1 Å². The summed E-state index contributed by atoms with van der Waals surface area (Å²) in [6.07, 6.45) is 3.41. The molecule has 2 heterocycles. The molecule has 1 aliphatic rings. The molecule has 6 heteroatoms. The standard InChI is InChI=1S/C13H22N4O2/c1-10(2)8-17-4-3-15-12(13(17)18)16-5-6-19-11(7-14)9-16/h3-4,10-11H,5-9,14H2,1-2H3. The van der Waals surface area contributed by atoms with Crippen LogP contribution in [0.3, 0.4) is 0 Å². The fourth-order valence-corrected chi connectivity index (χ4v) is 2.24. The number of ether oxygens (including phenoxy) is 1. The second kappa shape index (κ2) is 6.16. The van der Waals surface area contributed by atoms with Gasteiger partial charge in [-0.05, 0) is 5.92 Å². The second-order valence-corrected chi connectivity index (χ2v) is 5.28. The average molecular weight is 266 g/mol. The number of hydrogen-bond acceptors (Lipinski definition) is 5. The van der Waals surface area contributed by atoms with Gasteiger partial charge in [0.15, 0.2) is 5.82 Å². The van der Waals surface area contributed by atoms with Crippen molar-refractivity contribution in [3.8, 4) is 0 Å². The second-order valence-electron chi connectivity index (χ2n) is 5.28. The molecule has 0 amide bonds. The van der Waals surface area contributed by atoms with Gasteiger partial charge in [-0.25, -0.2) is 4.98 Å². The largest absolute Gasteiger partial charge is 0.373 e. The highest BCUT2D eigenvalue weighted by Crippen LogP contribution is 2.10. The Balaban J connectivity index is 2.22. The minimum absolute atomic E-state index is 0.0197. The first-order valence-electron chi connectivity index (χ1n) is 6.74. The molecule has 0 bridgehead atoms. The van der Waals surface area contributed by atoms with Gasteiger partial charge in [-0.1, -0.05) is 13.8 Å². The van der Waals surface area contributed by atoms with E-state index in [2.05, 4.69) is 18.8 Å². The summed E-state index contributed by atoms with van der Waals surface area (Å²) in [6.45, 7) is 7.25. The molecule has 19 heavy (non-hydrogen) atoms. The topological polar surface area (TPSA) is 73.4 Å². The summed E-state index contributed by atoms with van der Waals surface area (Å²) in [5.74, 6) is 0.930. The van der Waals surface area contributed by atoms with E-state index < -0.39 is 0 Å². The van der Waals surface area contributed by atoms with Crippen molar-refractivity contribution >= 4 is 5.82 Å². The van der Waals surface area contributed by atoms with Crippen LogP contribution < -0.4 is 16.2 Å². The van der Waals surface area contributed by atoms with Crippen molar-refractivity contribution in [1.29, 1.82) is 0 Å². The highest BCUT2D eigenvalue weighted by atomic mass is 16.5. The first-order chi connectivity index (χ1) is 9.11. The van der Waals surface area contributed by atoms with Gasteiger partial charge in [-0.2, -0.15) is 0 Å². The Bertz CT molecular complexity index is 472. The third kappa shape index (κ3) is 3.33. The Morgan fingerprint density at radius 3 is 3.05 bits per heavy atom. The molecule has 2 rings (SSSR count). The SMILES string of the molecule is CC(C)Cn1ccnc(N2CCOC(CN)C2)c1=O. The van der Waals surface area contributed by atoms with Gasteiger partial charge in [0.05, 0.1) is 12.7 Å². The fourth-order valence-electron chi connectivity index (χ4n) is 2.24. The summed E-state index contributed by atoms with van der Waals surface area (Å²) in [5.41, 5.74) is 5.59. The summed E-state index contributed by atoms with van der Waals surface area (Å²) < 4.78 is 7.23. The molecule has 1 aliphatic heterocycles. The summed E-state index contributed by atoms with van der Waals surface area (Å²) in [6, 6.07) is 0. The maximum atomic E-state index is 12.4. The number of nitrogens with zero attached hydrogens (tertiary/aromatic N) is 3. The maximum absolute atomic E-state index is 12.4. The molecule has 1 saturated heterocycles. The van der Waals surface area contributed by atoms with E-state index in [0.29, 0.717) is 44.5 Å². The molecule has 6 nitrogen and oxygen atoms in total. The van der Waals surface area contributed by atoms with Crippen LogP contribution in [0.5, 0.6) is 0 Å². The molecular formula is C13H22N4O2. The number of aromatic nitrogens is 2. The number of hydrogen-bond donors (Lipinski definition) is 1. The monoisotopic (exact) mass is 266 g/mol. The van der Waals surface area contributed by atoms with Crippen molar-refractivity contribution in [1.82, 2.24) is 9.55 Å². The van der Waals surface area contributed by atoms with Crippen LogP contribution in [0.2, 0.25) is 0 Å². The zero-order chi connectivity index (χ0) is 13.8. The predicted molar refractivity (Wildman–Crippen MR) is 74.3 cm³/mol. The Labute approximate surface area is 113 Å². The van der Waals surface area contributed by atoms with Crippen LogP contribution >= 0.6 is 0 Å². The molecule has 0 aromatic carbocycles. The van der Waals surface area contributed by atoms with Gasteiger partial charge in [0.25, 0.3) is 5.56 Å². The Hall–Kier alpha value is -1.40. The Morgan fingerprint density at radius 1 is 1.58 bits per heavy atom. The van der Waals surface area contributed by atoms with E-state index in [1.807, 2.05) is 4.90 Å². The van der Waals surface area contributed by atoms with Crippen LogP contribution in [0, 0.1) is 5.92 Å². The van der Waals surface area contributed by atoms with Crippen LogP contribution in [-0.4, -0.2) is 41.9 Å². The third-order valence-corrected chi connectivity index (χ3v) is 3.16. The van der Waals surface area contributed by atoms with E-state index in [9.17, 15) is 4.79 Å². The van der Waals surface area contributed by atoms with Gasteiger partial charge in [0.2, 0.25) is 0 Å². The molecule has 1 fully saturated rings. The zero-order valence-corrected chi connectivity index (χ0v) is 11.6. The van der Waals surface area contributed by atoms with Crippen LogP contribution in [0.25, 0.3) is 0 Å². The van der Waals surface area contributed by atoms with Gasteiger partial charge in [0, 0.05) is 38.6 Å². The molecule has 0 radical (unpaired) electrons. The van der Waals surface area contributed by atoms with E-state index >= 15 is 0 Å². The van der Waals surface area contributed by atoms with Crippen LogP contribution in [0.1, 0.15) is 13.8 Å². The molecule has 0 aliphatic carbocycles. The number of anilines is 1. The van der Waals surface area contributed by atoms with Gasteiger partial charge in [-0.3, -0.25) is 4.79 Å². The highest BCUT2D eigenvalue weighted by molar-refractivity contribution is 5.36. The van der Waals surface area contributed by atoms with E-state index in [-0.39, 0.29) is 11.7 Å². The van der Waals surface area contributed by atoms with Gasteiger partial charge in [0.1, 0.15) is 0 Å². The summed E-state index contributed by atoms with van der Waals surface area (Å²) >= 11 is 0. The third-order valence-electron chi connectivity index (χ3n) is 3.16. The summed E-state index contributed by atoms with van der Waals surface area (Å²) in [5, 5.41) is 0. The molecule has 0 saturated carbocycles. The van der Waals surface area contributed by atoms with Gasteiger partial charge < -0.3 is 19.9 Å². The first kappa shape index (κ1) is 14.0. The van der Waals surface area contributed by atoms with Gasteiger partial charge >= 0.3 is 0 Å². The van der Waals surface area contributed by atoms with Crippen LogP contribution in [-0.2, 0) is 11.3 Å². The first-order valence-corrected chi connectivity index (χ1v) is 6.74. The molecule has 1 atom stereocenters. The van der Waals surface area contributed by atoms with Crippen molar-refractivity contribution < 1.29 is 4.74 Å². The van der Waals surface area contributed by atoms with Crippen molar-refractivity contribution in [3.63, 3.8) is 0 Å². The van der Waals surface area contributed by atoms with E-state index in [1.54, 1.807) is 17.0 Å². The fraction of sp³-hybridized carbons (Fsp3) is 0.692. The molecule has 1 aromatic rings. The molecule has 2 N–H and O–H groups in total. The van der Waals surface area contributed by atoms with Crippen LogP contribution in [0.4, 0.5) is 5.82 Å². The lowest BCUT2D eigenvalue weighted by Crippen LogP contribution is -2.48. The van der Waals surface area contributed by atoms with Crippen molar-refractivity contribution in [2.45, 2.75) is 26.5 Å². The minimum Gasteiger partial charge on any atom is -0.373 e. The predicted octanol–water partition coefficient (Wildman–Crippen LogP) is 0.0632. The summed E-state index contributed by atoms with van der Waals surface area (Å²) in [4.78, 5) is 18.6. The Morgan fingerprint density at radius 2 is 2.37 bits per heavy atom. The maximum Gasteiger partial charge on any atom is 0.293 e. The number of morpholine rings is 1. The average Bonchev–Trinajstić information content (AvgIpc) is 2.41. The molecule has 0 spiro atoms. The summed E-state index contributed by atoms with van der Waals surface area (Å²) in [7, 11) is 0. The zero-order valence-electron chi connectivity index (χ0n) is 11.6. The minimum atomic E-state index is -0.0335. The molecular weight excluding hydrogens is 244 g/mol. The Kier molecular flexibility index (Phi) is 4.55. The lowest BCUT2D eigenvalue weighted by atomic mass is 10.2. The van der Waals surface area contributed by atoms with Crippen LogP contribution in [0.15, 0.2) is 17.2 Å². The smallest absolute Gasteiger partial charge is 0.293 e. The van der Waals surface area contributed by atoms with Gasteiger partial charge in [-0.15, -0.1) is 0 Å². The van der Waals surface area contributed by atoms with E-state index in [4.69, 9.17) is 10.5 Å². The number of rotatable bonds is 4. The van der Waals surface area contributed by atoms with Crippen molar-refractivity contribution in [2.24, 2.45) is 11.7 Å². The highest BCUT2D eigenvalue weighted by Gasteiger charge is 2.22. The van der Waals surface area contributed by atoms with E-state index in [1.165, 1.54) is 0 Å². The normalized spacial score (nSPS) is 20.0. The quantitative estimate of drug-likeness (QED) is 0.834. The molecule has 1 aromatic heterocycles.